The predicted octanol–water partition coefficient (Wildman–Crippen LogP) is 3.93. The zero-order valence-electron chi connectivity index (χ0n) is 11.0. The lowest BCUT2D eigenvalue weighted by atomic mass is 10.1. The van der Waals surface area contributed by atoms with E-state index in [1.54, 1.807) is 0 Å². The summed E-state index contributed by atoms with van der Waals surface area (Å²) in [5.74, 6) is 0.839. The molecule has 0 spiro atoms. The Morgan fingerprint density at radius 3 is 2.69 bits per heavy atom. The van der Waals surface area contributed by atoms with Crippen molar-refractivity contribution < 1.29 is 0 Å². The second-order valence-corrected chi connectivity index (χ2v) is 5.35. The summed E-state index contributed by atoms with van der Waals surface area (Å²) < 4.78 is 0. The van der Waals surface area contributed by atoms with Crippen LogP contribution in [0.1, 0.15) is 37.8 Å². The number of rotatable bonds is 2. The quantitative estimate of drug-likeness (QED) is 0.725. The predicted molar refractivity (Wildman–Crippen MR) is 71.1 cm³/mol. The second kappa shape index (κ2) is 4.48. The van der Waals surface area contributed by atoms with Gasteiger partial charge in [-0.2, -0.15) is 0 Å². The summed E-state index contributed by atoms with van der Waals surface area (Å²) in [6, 6.07) is 7.57. The van der Waals surface area contributed by atoms with Crippen molar-refractivity contribution in [3.63, 3.8) is 0 Å². The molecular formula is C15H23N. The van der Waals surface area contributed by atoms with Crippen LogP contribution in [-0.4, -0.2) is 12.6 Å². The van der Waals surface area contributed by atoms with E-state index in [9.17, 15) is 0 Å². The Morgan fingerprint density at radius 1 is 1.31 bits per heavy atom. The summed E-state index contributed by atoms with van der Waals surface area (Å²) in [4.78, 5) is 2.61. The Bertz CT molecular complexity index is 370. The molecule has 1 saturated heterocycles. The van der Waals surface area contributed by atoms with Crippen molar-refractivity contribution in [2.24, 2.45) is 5.92 Å². The Labute approximate surface area is 99.5 Å². The molecule has 1 aliphatic rings. The molecule has 0 radical (unpaired) electrons. The third kappa shape index (κ3) is 2.09. The van der Waals surface area contributed by atoms with Gasteiger partial charge in [0.1, 0.15) is 0 Å². The Balaban J connectivity index is 2.29. The zero-order valence-corrected chi connectivity index (χ0v) is 11.0. The van der Waals surface area contributed by atoms with Crippen LogP contribution in [0.3, 0.4) is 0 Å². The first kappa shape index (κ1) is 11.5. The molecule has 0 aliphatic carbocycles. The number of nitrogens with zero attached hydrogens (tertiary/aromatic N) is 1. The molecule has 1 aromatic carbocycles. The van der Waals surface area contributed by atoms with Crippen LogP contribution >= 0.6 is 0 Å². The standard InChI is InChI=1S/C15H23N/c1-5-14-9-12(3)10-16(14)15-7-6-11(2)8-13(15)4/h6-8,12,14H,5,9-10H2,1-4H3. The molecule has 1 heteroatoms. The third-order valence-electron chi connectivity index (χ3n) is 3.76. The van der Waals surface area contributed by atoms with Gasteiger partial charge in [0.05, 0.1) is 0 Å². The van der Waals surface area contributed by atoms with Crippen molar-refractivity contribution in [2.75, 3.05) is 11.4 Å². The minimum absolute atomic E-state index is 0.747. The number of anilines is 1. The van der Waals surface area contributed by atoms with Crippen molar-refractivity contribution >= 4 is 5.69 Å². The van der Waals surface area contributed by atoms with Crippen molar-refractivity contribution in [1.29, 1.82) is 0 Å². The SMILES string of the molecule is CCC1CC(C)CN1c1ccc(C)cc1C. The number of aryl methyl sites for hydroxylation is 2. The first-order valence-electron chi connectivity index (χ1n) is 6.45. The lowest BCUT2D eigenvalue weighted by Gasteiger charge is -2.27. The maximum atomic E-state index is 2.61. The lowest BCUT2D eigenvalue weighted by Crippen LogP contribution is -2.29. The largest absolute Gasteiger partial charge is 0.368 e. The monoisotopic (exact) mass is 217 g/mol. The van der Waals surface area contributed by atoms with Gasteiger partial charge in [0.15, 0.2) is 0 Å². The summed E-state index contributed by atoms with van der Waals surface area (Å²) >= 11 is 0. The van der Waals surface area contributed by atoms with Gasteiger partial charge in [-0.3, -0.25) is 0 Å². The van der Waals surface area contributed by atoms with E-state index in [2.05, 4.69) is 50.8 Å². The van der Waals surface area contributed by atoms with Gasteiger partial charge in [-0.05, 0) is 44.2 Å². The highest BCUT2D eigenvalue weighted by Crippen LogP contribution is 2.32. The first-order chi connectivity index (χ1) is 7.61. The minimum Gasteiger partial charge on any atom is -0.368 e. The summed E-state index contributed by atoms with van der Waals surface area (Å²) in [7, 11) is 0. The molecule has 2 rings (SSSR count). The molecule has 1 aliphatic heterocycles. The van der Waals surface area contributed by atoms with Gasteiger partial charge in [-0.1, -0.05) is 31.5 Å². The van der Waals surface area contributed by atoms with Gasteiger partial charge in [0, 0.05) is 18.3 Å². The van der Waals surface area contributed by atoms with Crippen molar-refractivity contribution in [3.8, 4) is 0 Å². The molecular weight excluding hydrogens is 194 g/mol. The topological polar surface area (TPSA) is 3.24 Å². The van der Waals surface area contributed by atoms with Crippen LogP contribution in [0.4, 0.5) is 5.69 Å². The second-order valence-electron chi connectivity index (χ2n) is 5.35. The van der Waals surface area contributed by atoms with Gasteiger partial charge in [0.25, 0.3) is 0 Å². The van der Waals surface area contributed by atoms with Crippen molar-refractivity contribution in [2.45, 2.75) is 46.6 Å². The Kier molecular flexibility index (Phi) is 3.22. The summed E-state index contributed by atoms with van der Waals surface area (Å²) in [5.41, 5.74) is 4.23. The number of hydrogen-bond donors (Lipinski definition) is 0. The van der Waals surface area contributed by atoms with Crippen molar-refractivity contribution in [1.82, 2.24) is 0 Å². The van der Waals surface area contributed by atoms with E-state index in [0.717, 1.165) is 12.0 Å². The van der Waals surface area contributed by atoms with E-state index >= 15 is 0 Å². The van der Waals surface area contributed by atoms with Crippen LogP contribution in [0.2, 0.25) is 0 Å². The van der Waals surface area contributed by atoms with Crippen LogP contribution in [0.5, 0.6) is 0 Å². The van der Waals surface area contributed by atoms with E-state index in [1.165, 1.54) is 36.2 Å². The molecule has 16 heavy (non-hydrogen) atoms. The highest BCUT2D eigenvalue weighted by Gasteiger charge is 2.28. The fourth-order valence-electron chi connectivity index (χ4n) is 2.96. The van der Waals surface area contributed by atoms with Crippen LogP contribution in [-0.2, 0) is 0 Å². The molecule has 1 fully saturated rings. The fourth-order valence-corrected chi connectivity index (χ4v) is 2.96. The summed E-state index contributed by atoms with van der Waals surface area (Å²) in [6.45, 7) is 10.3. The Morgan fingerprint density at radius 2 is 2.06 bits per heavy atom. The van der Waals surface area contributed by atoms with E-state index in [0.29, 0.717) is 0 Å². The molecule has 0 amide bonds. The summed E-state index contributed by atoms with van der Waals surface area (Å²) in [6.07, 6.45) is 2.61. The molecule has 1 nitrogen and oxygen atoms in total. The van der Waals surface area contributed by atoms with E-state index in [-0.39, 0.29) is 0 Å². The van der Waals surface area contributed by atoms with Gasteiger partial charge in [-0.15, -0.1) is 0 Å². The van der Waals surface area contributed by atoms with Crippen LogP contribution in [0.25, 0.3) is 0 Å². The highest BCUT2D eigenvalue weighted by atomic mass is 15.2. The highest BCUT2D eigenvalue weighted by molar-refractivity contribution is 5.56. The fraction of sp³-hybridized carbons (Fsp3) is 0.600. The molecule has 0 bridgehead atoms. The lowest BCUT2D eigenvalue weighted by molar-refractivity contribution is 0.588. The van der Waals surface area contributed by atoms with Crippen LogP contribution in [0.15, 0.2) is 18.2 Å². The molecule has 0 aromatic heterocycles. The number of benzene rings is 1. The first-order valence-corrected chi connectivity index (χ1v) is 6.45. The Hall–Kier alpha value is -0.980. The van der Waals surface area contributed by atoms with Gasteiger partial charge >= 0.3 is 0 Å². The molecule has 2 atom stereocenters. The maximum absolute atomic E-state index is 2.61. The van der Waals surface area contributed by atoms with Crippen molar-refractivity contribution in [3.05, 3.63) is 29.3 Å². The third-order valence-corrected chi connectivity index (χ3v) is 3.76. The number of hydrogen-bond acceptors (Lipinski definition) is 1. The molecule has 2 unspecified atom stereocenters. The zero-order chi connectivity index (χ0) is 11.7. The average molecular weight is 217 g/mol. The van der Waals surface area contributed by atoms with Gasteiger partial charge < -0.3 is 4.90 Å². The van der Waals surface area contributed by atoms with Gasteiger partial charge in [0.2, 0.25) is 0 Å². The molecule has 0 N–H and O–H groups in total. The normalized spacial score (nSPS) is 25.1. The molecule has 0 saturated carbocycles. The minimum atomic E-state index is 0.747. The molecule has 1 aromatic rings. The van der Waals surface area contributed by atoms with E-state index in [4.69, 9.17) is 0 Å². The van der Waals surface area contributed by atoms with Gasteiger partial charge in [-0.25, -0.2) is 0 Å². The maximum Gasteiger partial charge on any atom is 0.0398 e. The van der Waals surface area contributed by atoms with E-state index in [1.807, 2.05) is 0 Å². The van der Waals surface area contributed by atoms with E-state index < -0.39 is 0 Å². The van der Waals surface area contributed by atoms with Crippen LogP contribution < -0.4 is 4.90 Å². The summed E-state index contributed by atoms with van der Waals surface area (Å²) in [5, 5.41) is 0. The molecule has 1 heterocycles. The van der Waals surface area contributed by atoms with Crippen LogP contribution in [0, 0.1) is 19.8 Å². The smallest absolute Gasteiger partial charge is 0.0398 e. The average Bonchev–Trinajstić information content (AvgIpc) is 2.59. The molecule has 88 valence electrons.